The summed E-state index contributed by atoms with van der Waals surface area (Å²) in [6, 6.07) is 13.0. The van der Waals surface area contributed by atoms with Crippen molar-refractivity contribution < 1.29 is 9.15 Å². The van der Waals surface area contributed by atoms with Gasteiger partial charge < -0.3 is 9.15 Å². The van der Waals surface area contributed by atoms with Crippen molar-refractivity contribution in [3.63, 3.8) is 0 Å². The highest BCUT2D eigenvalue weighted by Gasteiger charge is 2.08. The molecule has 0 saturated carbocycles. The van der Waals surface area contributed by atoms with Gasteiger partial charge >= 0.3 is 5.76 Å². The molecule has 1 heterocycles. The summed E-state index contributed by atoms with van der Waals surface area (Å²) in [6.07, 6.45) is 0. The van der Waals surface area contributed by atoms with Crippen LogP contribution in [0.15, 0.2) is 60.6 Å². The van der Waals surface area contributed by atoms with E-state index in [2.05, 4.69) is 31.9 Å². The van der Waals surface area contributed by atoms with Crippen molar-refractivity contribution in [1.29, 1.82) is 0 Å². The Bertz CT molecular complexity index is 838. The molecule has 21 heavy (non-hydrogen) atoms. The van der Waals surface area contributed by atoms with Crippen LogP contribution in [0.5, 0.6) is 5.75 Å². The molecule has 0 atom stereocenters. The number of fused-ring (bicyclic) bond motifs is 1. The van der Waals surface area contributed by atoms with E-state index in [1.54, 1.807) is 10.6 Å². The number of hydrogen-bond acceptors (Lipinski definition) is 3. The first kappa shape index (κ1) is 14.4. The number of benzene rings is 2. The fourth-order valence-electron chi connectivity index (χ4n) is 2.06. The third kappa shape index (κ3) is 3.06. The van der Waals surface area contributed by atoms with Gasteiger partial charge in [-0.05, 0) is 46.3 Å². The van der Waals surface area contributed by atoms with Crippen LogP contribution in [0.4, 0.5) is 0 Å². The molecule has 3 aromatic rings. The highest BCUT2D eigenvalue weighted by atomic mass is 79.9. The highest BCUT2D eigenvalue weighted by molar-refractivity contribution is 9.11. The maximum absolute atomic E-state index is 11.8. The van der Waals surface area contributed by atoms with Crippen molar-refractivity contribution in [2.45, 2.75) is 6.54 Å². The summed E-state index contributed by atoms with van der Waals surface area (Å²) in [5, 5.41) is 0. The molecule has 0 radical (unpaired) electrons. The molecule has 0 bridgehead atoms. The molecular weight excluding hydrogens is 402 g/mol. The van der Waals surface area contributed by atoms with Crippen LogP contribution >= 0.6 is 31.9 Å². The van der Waals surface area contributed by atoms with Crippen molar-refractivity contribution in [3.8, 4) is 5.75 Å². The largest absolute Gasteiger partial charge is 0.491 e. The fraction of sp³-hybridized carbons (Fsp3) is 0.133. The van der Waals surface area contributed by atoms with E-state index in [1.165, 1.54) is 0 Å². The molecule has 0 aliphatic rings. The van der Waals surface area contributed by atoms with E-state index in [1.807, 2.05) is 36.4 Å². The van der Waals surface area contributed by atoms with Gasteiger partial charge in [-0.25, -0.2) is 4.79 Å². The standard InChI is InChI=1S/C15H11Br2NO3/c16-10-5-6-13(11(17)9-10)20-8-7-18-12-3-1-2-4-14(12)21-15(18)19/h1-6,9H,7-8H2. The molecule has 0 N–H and O–H groups in total. The van der Waals surface area contributed by atoms with Crippen LogP contribution in [-0.2, 0) is 6.54 Å². The minimum Gasteiger partial charge on any atom is -0.491 e. The SMILES string of the molecule is O=c1oc2ccccc2n1CCOc1ccc(Br)cc1Br. The second-order valence-electron chi connectivity index (χ2n) is 4.41. The first-order valence-corrected chi connectivity index (χ1v) is 7.90. The smallest absolute Gasteiger partial charge is 0.420 e. The zero-order valence-electron chi connectivity index (χ0n) is 10.9. The summed E-state index contributed by atoms with van der Waals surface area (Å²) in [4.78, 5) is 11.8. The van der Waals surface area contributed by atoms with Gasteiger partial charge in [0.05, 0.1) is 16.5 Å². The second-order valence-corrected chi connectivity index (χ2v) is 6.18. The van der Waals surface area contributed by atoms with Gasteiger partial charge in [0, 0.05) is 4.47 Å². The lowest BCUT2D eigenvalue weighted by Crippen LogP contribution is -2.18. The van der Waals surface area contributed by atoms with Crippen LogP contribution in [0.1, 0.15) is 0 Å². The van der Waals surface area contributed by atoms with E-state index < -0.39 is 0 Å². The monoisotopic (exact) mass is 411 g/mol. The van der Waals surface area contributed by atoms with E-state index in [9.17, 15) is 4.79 Å². The quantitative estimate of drug-likeness (QED) is 0.645. The average molecular weight is 413 g/mol. The molecule has 3 rings (SSSR count). The Labute approximate surface area is 137 Å². The van der Waals surface area contributed by atoms with E-state index >= 15 is 0 Å². The lowest BCUT2D eigenvalue weighted by molar-refractivity contribution is 0.292. The first-order valence-electron chi connectivity index (χ1n) is 6.31. The zero-order valence-corrected chi connectivity index (χ0v) is 14.1. The summed E-state index contributed by atoms with van der Waals surface area (Å²) >= 11 is 6.83. The summed E-state index contributed by atoms with van der Waals surface area (Å²) < 4.78 is 14.3. The van der Waals surface area contributed by atoms with Gasteiger partial charge in [0.2, 0.25) is 0 Å². The number of oxazole rings is 1. The molecule has 0 fully saturated rings. The normalized spacial score (nSPS) is 11.0. The Balaban J connectivity index is 1.75. The Morgan fingerprint density at radius 1 is 1.14 bits per heavy atom. The van der Waals surface area contributed by atoms with Crippen LogP contribution in [0.2, 0.25) is 0 Å². The third-order valence-corrected chi connectivity index (χ3v) is 4.15. The molecule has 0 unspecified atom stereocenters. The molecule has 2 aromatic carbocycles. The third-order valence-electron chi connectivity index (χ3n) is 3.04. The number of nitrogens with zero attached hydrogens (tertiary/aromatic N) is 1. The van der Waals surface area contributed by atoms with Crippen molar-refractivity contribution >= 4 is 43.0 Å². The zero-order chi connectivity index (χ0) is 14.8. The van der Waals surface area contributed by atoms with Gasteiger partial charge in [0.15, 0.2) is 5.58 Å². The number of rotatable bonds is 4. The lowest BCUT2D eigenvalue weighted by atomic mass is 10.3. The molecule has 4 nitrogen and oxygen atoms in total. The Kier molecular flexibility index (Phi) is 4.17. The van der Waals surface area contributed by atoms with Gasteiger partial charge in [-0.2, -0.15) is 0 Å². The molecule has 0 aliphatic heterocycles. The summed E-state index contributed by atoms with van der Waals surface area (Å²) in [5.41, 5.74) is 1.37. The highest BCUT2D eigenvalue weighted by Crippen LogP contribution is 2.28. The molecular formula is C15H11Br2NO3. The molecule has 108 valence electrons. The minimum atomic E-state index is -0.366. The number of aromatic nitrogens is 1. The average Bonchev–Trinajstić information content (AvgIpc) is 2.77. The van der Waals surface area contributed by atoms with Crippen LogP contribution in [-0.4, -0.2) is 11.2 Å². The van der Waals surface area contributed by atoms with Crippen LogP contribution in [0.3, 0.4) is 0 Å². The van der Waals surface area contributed by atoms with Crippen molar-refractivity contribution in [2.75, 3.05) is 6.61 Å². The Morgan fingerprint density at radius 2 is 1.95 bits per heavy atom. The van der Waals surface area contributed by atoms with Gasteiger partial charge in [-0.3, -0.25) is 4.57 Å². The maximum atomic E-state index is 11.8. The molecule has 0 aliphatic carbocycles. The predicted molar refractivity (Wildman–Crippen MR) is 87.8 cm³/mol. The molecule has 0 spiro atoms. The van der Waals surface area contributed by atoms with E-state index in [0.29, 0.717) is 18.7 Å². The fourth-order valence-corrected chi connectivity index (χ4v) is 3.23. The van der Waals surface area contributed by atoms with Gasteiger partial charge in [-0.15, -0.1) is 0 Å². The summed E-state index contributed by atoms with van der Waals surface area (Å²) in [6.45, 7) is 0.808. The maximum Gasteiger partial charge on any atom is 0.420 e. The molecule has 1 aromatic heterocycles. The van der Waals surface area contributed by atoms with E-state index in [4.69, 9.17) is 9.15 Å². The molecule has 0 amide bonds. The first-order chi connectivity index (χ1) is 10.1. The van der Waals surface area contributed by atoms with Crippen LogP contribution in [0.25, 0.3) is 11.1 Å². The van der Waals surface area contributed by atoms with Crippen LogP contribution in [0, 0.1) is 0 Å². The van der Waals surface area contributed by atoms with E-state index in [0.717, 1.165) is 20.2 Å². The Hall–Kier alpha value is -1.53. The number of halogens is 2. The van der Waals surface area contributed by atoms with E-state index in [-0.39, 0.29) is 5.76 Å². The Morgan fingerprint density at radius 3 is 2.76 bits per heavy atom. The lowest BCUT2D eigenvalue weighted by Gasteiger charge is -2.08. The van der Waals surface area contributed by atoms with Crippen molar-refractivity contribution in [1.82, 2.24) is 4.57 Å². The van der Waals surface area contributed by atoms with Gasteiger partial charge in [0.1, 0.15) is 12.4 Å². The van der Waals surface area contributed by atoms with Crippen molar-refractivity contribution in [2.24, 2.45) is 0 Å². The summed E-state index contributed by atoms with van der Waals surface area (Å²) in [5.74, 6) is 0.369. The van der Waals surface area contributed by atoms with Crippen LogP contribution < -0.4 is 10.5 Å². The molecule has 6 heteroatoms. The van der Waals surface area contributed by atoms with Gasteiger partial charge in [0.25, 0.3) is 0 Å². The van der Waals surface area contributed by atoms with Crippen molar-refractivity contribution in [3.05, 3.63) is 62.0 Å². The van der Waals surface area contributed by atoms with Gasteiger partial charge in [-0.1, -0.05) is 28.1 Å². The number of para-hydroxylation sites is 2. The number of hydrogen-bond donors (Lipinski definition) is 0. The topological polar surface area (TPSA) is 44.4 Å². The molecule has 0 saturated heterocycles. The number of ether oxygens (including phenoxy) is 1. The minimum absolute atomic E-state index is 0.366. The second kappa shape index (κ2) is 6.07. The summed E-state index contributed by atoms with van der Waals surface area (Å²) in [7, 11) is 0. The predicted octanol–water partition coefficient (Wildman–Crippen LogP) is 4.20.